The van der Waals surface area contributed by atoms with Crippen molar-refractivity contribution in [3.8, 4) is 12.3 Å². The number of ether oxygens (including phenoxy) is 4. The number of hydrogen-bond donors (Lipinski definition) is 6. The molecule has 1 aromatic heterocycles. The van der Waals surface area contributed by atoms with Crippen LogP contribution in [-0.4, -0.2) is 124 Å². The Hall–Kier alpha value is -3.46. The van der Waals surface area contributed by atoms with Crippen LogP contribution in [0.4, 0.5) is 0 Å². The van der Waals surface area contributed by atoms with Crippen LogP contribution in [-0.2, 0) is 48.1 Å². The number of nitrogens with one attached hydrogen (secondary N) is 2. The summed E-state index contributed by atoms with van der Waals surface area (Å²) in [6.07, 6.45) is 4.09. The number of unbranched alkanes of at least 4 members (excludes halogenated alkanes) is 3. The molecule has 15 nitrogen and oxygen atoms in total. The molecule has 1 aliphatic rings. The summed E-state index contributed by atoms with van der Waals surface area (Å²) in [5.74, 6) is 1.32. The monoisotopic (exact) mass is 661 g/mol. The average Bonchev–Trinajstić information content (AvgIpc) is 3.53. The topological polar surface area (TPSA) is 207 Å². The third-order valence-corrected chi connectivity index (χ3v) is 7.56. The zero-order valence-corrected chi connectivity index (χ0v) is 26.7. The van der Waals surface area contributed by atoms with E-state index in [-0.39, 0.29) is 19.4 Å². The van der Waals surface area contributed by atoms with E-state index in [0.717, 1.165) is 25.0 Å². The molecule has 1 aliphatic heterocycles. The molecule has 3 rings (SSSR count). The van der Waals surface area contributed by atoms with Gasteiger partial charge in [0.25, 0.3) is 0 Å². The van der Waals surface area contributed by atoms with Crippen LogP contribution in [0.15, 0.2) is 30.5 Å². The van der Waals surface area contributed by atoms with Gasteiger partial charge in [-0.25, -0.2) is 0 Å². The molecule has 6 atom stereocenters. The van der Waals surface area contributed by atoms with Crippen molar-refractivity contribution >= 4 is 11.8 Å². The highest BCUT2D eigenvalue weighted by Gasteiger charge is 2.44. The molecule has 0 spiro atoms. The van der Waals surface area contributed by atoms with Gasteiger partial charge in [0, 0.05) is 38.8 Å². The van der Waals surface area contributed by atoms with E-state index in [4.69, 9.17) is 25.4 Å². The quantitative estimate of drug-likeness (QED) is 0.0706. The number of aromatic nitrogens is 3. The highest BCUT2D eigenvalue weighted by atomic mass is 16.7. The molecular weight excluding hydrogens is 614 g/mol. The number of benzene rings is 1. The number of rotatable bonds is 21. The van der Waals surface area contributed by atoms with Gasteiger partial charge >= 0.3 is 0 Å². The van der Waals surface area contributed by atoms with Gasteiger partial charge in [0.15, 0.2) is 6.29 Å². The maximum absolute atomic E-state index is 12.4. The van der Waals surface area contributed by atoms with Gasteiger partial charge in [0.05, 0.1) is 50.7 Å². The van der Waals surface area contributed by atoms with Crippen LogP contribution < -0.4 is 10.6 Å². The number of hydrogen-bond acceptors (Lipinski definition) is 12. The van der Waals surface area contributed by atoms with Gasteiger partial charge < -0.3 is 50.0 Å². The van der Waals surface area contributed by atoms with Crippen molar-refractivity contribution in [2.24, 2.45) is 0 Å². The number of aryl methyl sites for hydroxylation is 1. The second kappa shape index (κ2) is 20.7. The molecule has 6 N–H and O–H groups in total. The minimum atomic E-state index is -1.62. The minimum Gasteiger partial charge on any atom is -0.391 e. The number of aliphatic hydroxyl groups excluding tert-OH is 4. The molecular formula is C32H47N5O10. The van der Waals surface area contributed by atoms with Crippen molar-refractivity contribution < 1.29 is 49.0 Å². The van der Waals surface area contributed by atoms with Crippen molar-refractivity contribution in [2.45, 2.75) is 88.4 Å². The van der Waals surface area contributed by atoms with Crippen molar-refractivity contribution in [1.29, 1.82) is 0 Å². The van der Waals surface area contributed by atoms with Crippen LogP contribution >= 0.6 is 0 Å². The van der Waals surface area contributed by atoms with E-state index in [9.17, 15) is 30.0 Å². The van der Waals surface area contributed by atoms with Crippen LogP contribution in [0.25, 0.3) is 0 Å². The van der Waals surface area contributed by atoms with E-state index in [1.165, 1.54) is 0 Å². The summed E-state index contributed by atoms with van der Waals surface area (Å²) >= 11 is 0. The Morgan fingerprint density at radius 2 is 1.89 bits per heavy atom. The standard InChI is InChI=1S/C32H47N5O10/c1-3-22-8-10-23(11-9-22)16-27(41)33-18-26(40)31(43)32-30(34-28(42)20-38)25(39)17-29(47-32)46-13-7-5-4-6-12-37-19-24(35-36-37)21-45-15-14-44-2/h1,8-11,19,25-26,29-32,38-40,43H,4-7,12-18,20-21H2,2H3,(H,33,41)(H,34,42)/t25-,26+,29+,30+,31+,32+/m0/s1. The Kier molecular flexibility index (Phi) is 16.7. The lowest BCUT2D eigenvalue weighted by molar-refractivity contribution is -0.252. The van der Waals surface area contributed by atoms with Gasteiger partial charge in [-0.15, -0.1) is 11.5 Å². The number of amides is 2. The first-order chi connectivity index (χ1) is 22.7. The molecule has 2 aromatic rings. The molecule has 0 bridgehead atoms. The van der Waals surface area contributed by atoms with Crippen molar-refractivity contribution in [1.82, 2.24) is 25.6 Å². The fraction of sp³-hybridized carbons (Fsp3) is 0.625. The number of carbonyl (C=O) groups is 2. The number of aliphatic hydroxyl groups is 4. The number of methoxy groups -OCH3 is 1. The van der Waals surface area contributed by atoms with E-state index in [1.54, 1.807) is 36.1 Å². The van der Waals surface area contributed by atoms with Gasteiger partial charge in [-0.2, -0.15) is 0 Å². The molecule has 1 aromatic carbocycles. The summed E-state index contributed by atoms with van der Waals surface area (Å²) in [7, 11) is 1.62. The molecule has 47 heavy (non-hydrogen) atoms. The highest BCUT2D eigenvalue weighted by molar-refractivity contribution is 5.78. The Bertz CT molecular complexity index is 1250. The molecule has 15 heteroatoms. The molecule has 2 heterocycles. The Morgan fingerprint density at radius 3 is 2.62 bits per heavy atom. The van der Waals surface area contributed by atoms with Crippen molar-refractivity contribution in [3.05, 3.63) is 47.3 Å². The zero-order chi connectivity index (χ0) is 34.0. The van der Waals surface area contributed by atoms with E-state index in [0.29, 0.717) is 50.5 Å². The van der Waals surface area contributed by atoms with Gasteiger partial charge in [0.1, 0.15) is 24.5 Å². The van der Waals surface area contributed by atoms with Crippen LogP contribution in [0, 0.1) is 12.3 Å². The number of carbonyl (C=O) groups excluding carboxylic acids is 2. The molecule has 0 radical (unpaired) electrons. The summed E-state index contributed by atoms with van der Waals surface area (Å²) in [4.78, 5) is 24.4. The van der Waals surface area contributed by atoms with E-state index in [2.05, 4.69) is 26.9 Å². The fourth-order valence-electron chi connectivity index (χ4n) is 4.99. The Morgan fingerprint density at radius 1 is 1.13 bits per heavy atom. The second-order valence-electron chi connectivity index (χ2n) is 11.3. The fourth-order valence-corrected chi connectivity index (χ4v) is 4.99. The van der Waals surface area contributed by atoms with Gasteiger partial charge in [-0.3, -0.25) is 14.3 Å². The smallest absolute Gasteiger partial charge is 0.246 e. The maximum atomic E-state index is 12.4. The summed E-state index contributed by atoms with van der Waals surface area (Å²) in [5.41, 5.74) is 2.15. The van der Waals surface area contributed by atoms with Gasteiger partial charge in [0.2, 0.25) is 11.8 Å². The molecule has 1 saturated heterocycles. The minimum absolute atomic E-state index is 0.00525. The van der Waals surface area contributed by atoms with E-state index in [1.807, 2.05) is 6.20 Å². The molecule has 2 amide bonds. The Labute approximate surface area is 274 Å². The predicted octanol–water partition coefficient (Wildman–Crippen LogP) is -0.967. The third kappa shape index (κ3) is 13.3. The van der Waals surface area contributed by atoms with Gasteiger partial charge in [-0.05, 0) is 30.5 Å². The predicted molar refractivity (Wildman–Crippen MR) is 167 cm³/mol. The van der Waals surface area contributed by atoms with Crippen molar-refractivity contribution in [2.75, 3.05) is 40.1 Å². The summed E-state index contributed by atoms with van der Waals surface area (Å²) in [5, 5.41) is 54.9. The molecule has 1 fully saturated rings. The first-order valence-corrected chi connectivity index (χ1v) is 15.7. The SMILES string of the molecule is C#Cc1ccc(CC(=O)NC[C@@H](O)[C@@H](O)[C@@H]2O[C@@H](OCCCCCCn3cc(COCCOC)nn3)C[C@H](O)[C@H]2NC(=O)CO)cc1. The molecule has 0 saturated carbocycles. The van der Waals surface area contributed by atoms with E-state index >= 15 is 0 Å². The Balaban J connectivity index is 1.42. The van der Waals surface area contributed by atoms with E-state index < -0.39 is 55.2 Å². The zero-order valence-electron chi connectivity index (χ0n) is 26.7. The lowest BCUT2D eigenvalue weighted by atomic mass is 9.92. The van der Waals surface area contributed by atoms with Crippen molar-refractivity contribution in [3.63, 3.8) is 0 Å². The van der Waals surface area contributed by atoms with Crippen LogP contribution in [0.1, 0.15) is 48.9 Å². The first-order valence-electron chi connectivity index (χ1n) is 15.7. The summed E-state index contributed by atoms with van der Waals surface area (Å²) in [6.45, 7) is 1.27. The van der Waals surface area contributed by atoms with Crippen LogP contribution in [0.5, 0.6) is 0 Å². The van der Waals surface area contributed by atoms with Crippen LogP contribution in [0.2, 0.25) is 0 Å². The largest absolute Gasteiger partial charge is 0.391 e. The summed E-state index contributed by atoms with van der Waals surface area (Å²) in [6, 6.07) is 5.74. The molecule has 260 valence electrons. The highest BCUT2D eigenvalue weighted by Crippen LogP contribution is 2.25. The lowest BCUT2D eigenvalue weighted by Gasteiger charge is -2.42. The normalized spacial score (nSPS) is 20.7. The summed E-state index contributed by atoms with van der Waals surface area (Å²) < 4.78 is 23.9. The lowest BCUT2D eigenvalue weighted by Crippen LogP contribution is -2.63. The average molecular weight is 662 g/mol. The third-order valence-electron chi connectivity index (χ3n) is 7.56. The second-order valence-corrected chi connectivity index (χ2v) is 11.3. The first kappa shape index (κ1) is 38.0. The van der Waals surface area contributed by atoms with Gasteiger partial charge in [-0.1, -0.05) is 36.1 Å². The maximum Gasteiger partial charge on any atom is 0.246 e. The van der Waals surface area contributed by atoms with Crippen LogP contribution in [0.3, 0.4) is 0 Å². The number of nitrogens with zero attached hydrogens (tertiary/aromatic N) is 3. The molecule has 0 unspecified atom stereocenters. The number of terminal acetylenes is 1. The molecule has 0 aliphatic carbocycles.